The normalized spacial score (nSPS) is 12.3. The molecular formula is C47H88O5. The van der Waals surface area contributed by atoms with E-state index in [0.717, 1.165) is 57.8 Å². The van der Waals surface area contributed by atoms with Crippen LogP contribution in [-0.2, 0) is 23.8 Å². The van der Waals surface area contributed by atoms with Crippen LogP contribution in [0.2, 0.25) is 0 Å². The third-order valence-corrected chi connectivity index (χ3v) is 9.96. The first-order valence-corrected chi connectivity index (χ1v) is 22.9. The molecule has 0 aromatic carbocycles. The van der Waals surface area contributed by atoms with E-state index in [2.05, 4.69) is 45.1 Å². The number of esters is 2. The van der Waals surface area contributed by atoms with Gasteiger partial charge in [0, 0.05) is 19.4 Å². The van der Waals surface area contributed by atoms with Gasteiger partial charge in [0.05, 0.1) is 6.61 Å². The predicted octanol–water partition coefficient (Wildman–Crippen LogP) is 14.9. The lowest BCUT2D eigenvalue weighted by Crippen LogP contribution is -2.30. The van der Waals surface area contributed by atoms with Crippen LogP contribution in [0, 0.1) is 0 Å². The van der Waals surface area contributed by atoms with Gasteiger partial charge in [-0.1, -0.05) is 180 Å². The number of carbonyl (C=O) groups is 2. The van der Waals surface area contributed by atoms with Crippen LogP contribution in [0.5, 0.6) is 0 Å². The number of hydrogen-bond acceptors (Lipinski definition) is 5. The molecule has 0 aliphatic heterocycles. The summed E-state index contributed by atoms with van der Waals surface area (Å²) in [4.78, 5) is 25.2. The summed E-state index contributed by atoms with van der Waals surface area (Å²) in [5.41, 5.74) is 0. The van der Waals surface area contributed by atoms with Crippen molar-refractivity contribution < 1.29 is 23.8 Å². The van der Waals surface area contributed by atoms with Crippen molar-refractivity contribution in [3.8, 4) is 0 Å². The molecule has 0 saturated carbocycles. The van der Waals surface area contributed by atoms with Gasteiger partial charge in [-0.2, -0.15) is 0 Å². The molecule has 0 N–H and O–H groups in total. The standard InChI is InChI=1S/C47H88O5/c1-4-7-10-13-16-19-22-24-26-28-31-34-37-40-46(48)51-44-45(43-50-42-39-36-33-30-21-18-15-12-9-6-3)52-47(49)41-38-35-32-29-27-25-23-20-17-14-11-8-5-2/h19-20,22-23,45H,4-18,21,24-44H2,1-3H3/b22-19-,23-20-. The highest BCUT2D eigenvalue weighted by Crippen LogP contribution is 2.13. The van der Waals surface area contributed by atoms with Crippen molar-refractivity contribution in [3.63, 3.8) is 0 Å². The van der Waals surface area contributed by atoms with E-state index in [9.17, 15) is 9.59 Å². The Morgan fingerprint density at radius 1 is 0.404 bits per heavy atom. The summed E-state index contributed by atoms with van der Waals surface area (Å²) in [7, 11) is 0. The quantitative estimate of drug-likeness (QED) is 0.0355. The lowest BCUT2D eigenvalue weighted by molar-refractivity contribution is -0.163. The summed E-state index contributed by atoms with van der Waals surface area (Å²) in [6.45, 7) is 7.80. The monoisotopic (exact) mass is 733 g/mol. The molecule has 0 aliphatic rings. The van der Waals surface area contributed by atoms with E-state index in [1.54, 1.807) is 0 Å². The van der Waals surface area contributed by atoms with Crippen LogP contribution in [0.15, 0.2) is 24.3 Å². The lowest BCUT2D eigenvalue weighted by atomic mass is 10.1. The summed E-state index contributed by atoms with van der Waals surface area (Å²) in [5, 5.41) is 0. The molecule has 0 spiro atoms. The fraction of sp³-hybridized carbons (Fsp3) is 0.872. The molecular weight excluding hydrogens is 645 g/mol. The molecule has 0 saturated heterocycles. The minimum Gasteiger partial charge on any atom is -0.462 e. The Hall–Kier alpha value is -1.62. The van der Waals surface area contributed by atoms with E-state index in [1.807, 2.05) is 0 Å². The van der Waals surface area contributed by atoms with Gasteiger partial charge in [-0.3, -0.25) is 9.59 Å². The minimum atomic E-state index is -0.534. The molecule has 0 heterocycles. The molecule has 306 valence electrons. The van der Waals surface area contributed by atoms with E-state index < -0.39 is 6.10 Å². The lowest BCUT2D eigenvalue weighted by Gasteiger charge is -2.18. The second kappa shape index (κ2) is 43.8. The third-order valence-electron chi connectivity index (χ3n) is 9.96. The largest absolute Gasteiger partial charge is 0.462 e. The van der Waals surface area contributed by atoms with Crippen LogP contribution in [0.25, 0.3) is 0 Å². The molecule has 0 aromatic heterocycles. The Kier molecular flexibility index (Phi) is 42.4. The first-order chi connectivity index (χ1) is 25.6. The average molecular weight is 733 g/mol. The molecule has 1 atom stereocenters. The molecule has 0 fully saturated rings. The highest BCUT2D eigenvalue weighted by Gasteiger charge is 2.17. The van der Waals surface area contributed by atoms with Crippen LogP contribution < -0.4 is 0 Å². The molecule has 0 aromatic rings. The highest BCUT2D eigenvalue weighted by atomic mass is 16.6. The maximum atomic E-state index is 12.7. The Bertz CT molecular complexity index is 791. The number of rotatable bonds is 42. The van der Waals surface area contributed by atoms with Gasteiger partial charge in [0.2, 0.25) is 0 Å². The number of unbranched alkanes of at least 4 members (excludes halogenated alkanes) is 27. The smallest absolute Gasteiger partial charge is 0.306 e. The molecule has 0 amide bonds. The van der Waals surface area contributed by atoms with Gasteiger partial charge in [0.1, 0.15) is 6.61 Å². The van der Waals surface area contributed by atoms with Crippen LogP contribution in [0.1, 0.15) is 239 Å². The minimum absolute atomic E-state index is 0.0828. The van der Waals surface area contributed by atoms with Gasteiger partial charge in [0.25, 0.3) is 0 Å². The summed E-state index contributed by atoms with van der Waals surface area (Å²) in [6, 6.07) is 0. The van der Waals surface area contributed by atoms with Gasteiger partial charge in [0.15, 0.2) is 6.10 Å². The van der Waals surface area contributed by atoms with Gasteiger partial charge in [-0.15, -0.1) is 0 Å². The van der Waals surface area contributed by atoms with Gasteiger partial charge < -0.3 is 14.2 Å². The van der Waals surface area contributed by atoms with Gasteiger partial charge in [-0.25, -0.2) is 0 Å². The number of ether oxygens (including phenoxy) is 3. The molecule has 1 unspecified atom stereocenters. The molecule has 52 heavy (non-hydrogen) atoms. The SMILES string of the molecule is CCCCCC/C=C\CCCCCCCC(=O)OCC(COCCCCCCCCCCCC)OC(=O)CCCCCCC/C=C\CCCCCC. The fourth-order valence-corrected chi connectivity index (χ4v) is 6.50. The number of allylic oxidation sites excluding steroid dienone is 4. The predicted molar refractivity (Wildman–Crippen MR) is 224 cm³/mol. The molecule has 0 radical (unpaired) electrons. The zero-order chi connectivity index (χ0) is 37.8. The summed E-state index contributed by atoms with van der Waals surface area (Å²) >= 11 is 0. The first-order valence-electron chi connectivity index (χ1n) is 22.9. The van der Waals surface area contributed by atoms with Gasteiger partial charge in [-0.05, 0) is 70.6 Å². The van der Waals surface area contributed by atoms with Gasteiger partial charge >= 0.3 is 11.9 Å². The fourth-order valence-electron chi connectivity index (χ4n) is 6.50. The first kappa shape index (κ1) is 50.4. The van der Waals surface area contributed by atoms with Crippen molar-refractivity contribution in [3.05, 3.63) is 24.3 Å². The molecule has 5 heteroatoms. The van der Waals surface area contributed by atoms with E-state index in [4.69, 9.17) is 14.2 Å². The Morgan fingerprint density at radius 3 is 1.19 bits per heavy atom. The van der Waals surface area contributed by atoms with E-state index in [0.29, 0.717) is 19.4 Å². The maximum Gasteiger partial charge on any atom is 0.306 e. The van der Waals surface area contributed by atoms with Crippen molar-refractivity contribution in [2.24, 2.45) is 0 Å². The highest BCUT2D eigenvalue weighted by molar-refractivity contribution is 5.70. The third kappa shape index (κ3) is 41.1. The number of hydrogen-bond donors (Lipinski definition) is 0. The second-order valence-corrected chi connectivity index (χ2v) is 15.3. The summed E-state index contributed by atoms with van der Waals surface area (Å²) in [5.74, 6) is -0.408. The second-order valence-electron chi connectivity index (χ2n) is 15.3. The summed E-state index contributed by atoms with van der Waals surface area (Å²) in [6.07, 6.45) is 48.8. The molecule has 0 aliphatic carbocycles. The van der Waals surface area contributed by atoms with Crippen LogP contribution >= 0.6 is 0 Å². The van der Waals surface area contributed by atoms with Crippen molar-refractivity contribution in [1.29, 1.82) is 0 Å². The molecule has 5 nitrogen and oxygen atoms in total. The van der Waals surface area contributed by atoms with Crippen LogP contribution in [0.4, 0.5) is 0 Å². The van der Waals surface area contributed by atoms with E-state index in [1.165, 1.54) is 148 Å². The van der Waals surface area contributed by atoms with Crippen molar-refractivity contribution in [2.75, 3.05) is 19.8 Å². The Morgan fingerprint density at radius 2 is 0.750 bits per heavy atom. The van der Waals surface area contributed by atoms with Crippen molar-refractivity contribution in [1.82, 2.24) is 0 Å². The topological polar surface area (TPSA) is 61.8 Å². The summed E-state index contributed by atoms with van der Waals surface area (Å²) < 4.78 is 17.3. The molecule has 0 rings (SSSR count). The average Bonchev–Trinajstić information content (AvgIpc) is 3.14. The van der Waals surface area contributed by atoms with Crippen molar-refractivity contribution >= 4 is 11.9 Å². The van der Waals surface area contributed by atoms with E-state index >= 15 is 0 Å². The number of carbonyl (C=O) groups excluding carboxylic acids is 2. The Labute approximate surface area is 324 Å². The van der Waals surface area contributed by atoms with E-state index in [-0.39, 0.29) is 25.2 Å². The Balaban J connectivity index is 4.24. The molecule has 0 bridgehead atoms. The maximum absolute atomic E-state index is 12.7. The zero-order valence-electron chi connectivity index (χ0n) is 35.1. The van der Waals surface area contributed by atoms with Crippen molar-refractivity contribution in [2.45, 2.75) is 245 Å². The van der Waals surface area contributed by atoms with Crippen LogP contribution in [-0.4, -0.2) is 37.9 Å². The van der Waals surface area contributed by atoms with Crippen LogP contribution in [0.3, 0.4) is 0 Å². The zero-order valence-corrected chi connectivity index (χ0v) is 35.1.